The first-order valence-corrected chi connectivity index (χ1v) is 8.24. The van der Waals surface area contributed by atoms with E-state index in [1.54, 1.807) is 0 Å². The van der Waals surface area contributed by atoms with E-state index in [4.69, 9.17) is 0 Å². The molecule has 2 aromatic heterocycles. The molecule has 0 aliphatic carbocycles. The summed E-state index contributed by atoms with van der Waals surface area (Å²) in [7, 11) is 2.01. The molecule has 2 aliphatic heterocycles. The largest absolute Gasteiger partial charge is 0.391 e. The summed E-state index contributed by atoms with van der Waals surface area (Å²) in [6, 6.07) is 2.21. The first kappa shape index (κ1) is 16.1. The van der Waals surface area contributed by atoms with Crippen LogP contribution in [0.25, 0.3) is 0 Å². The van der Waals surface area contributed by atoms with Crippen molar-refractivity contribution < 1.29 is 14.3 Å². The second kappa shape index (κ2) is 6.16. The fourth-order valence-corrected chi connectivity index (χ4v) is 3.51. The van der Waals surface area contributed by atoms with Gasteiger partial charge in [-0.15, -0.1) is 10.2 Å². The third-order valence-corrected chi connectivity index (χ3v) is 4.77. The molecule has 2 aromatic rings. The number of likely N-dealkylation sites (tertiary alicyclic amines) is 1. The second-order valence-electron chi connectivity index (χ2n) is 6.56. The lowest BCUT2D eigenvalue weighted by molar-refractivity contribution is 0.0696. The van der Waals surface area contributed by atoms with Gasteiger partial charge in [0.1, 0.15) is 5.82 Å². The third kappa shape index (κ3) is 2.79. The first-order valence-electron chi connectivity index (χ1n) is 8.24. The Bertz CT molecular complexity index is 810. The van der Waals surface area contributed by atoms with Crippen molar-refractivity contribution in [3.05, 3.63) is 41.5 Å². The molecule has 1 saturated heterocycles. The zero-order chi connectivity index (χ0) is 17.6. The zero-order valence-corrected chi connectivity index (χ0v) is 13.8. The van der Waals surface area contributed by atoms with Crippen LogP contribution in [-0.4, -0.2) is 66.8 Å². The molecule has 8 nitrogen and oxygen atoms in total. The fraction of sp³-hybridized carbons (Fsp3) is 0.500. The summed E-state index contributed by atoms with van der Waals surface area (Å²) >= 11 is 0. The van der Waals surface area contributed by atoms with Gasteiger partial charge in [-0.1, -0.05) is 0 Å². The van der Waals surface area contributed by atoms with Gasteiger partial charge < -0.3 is 14.6 Å². The average Bonchev–Trinajstić information content (AvgIpc) is 3.17. The highest BCUT2D eigenvalue weighted by molar-refractivity contribution is 5.93. The Balaban J connectivity index is 1.67. The molecule has 4 rings (SSSR count). The van der Waals surface area contributed by atoms with Gasteiger partial charge in [-0.05, 0) is 19.2 Å². The maximum absolute atomic E-state index is 14.0. The number of carbonyl (C=O) groups is 1. The predicted octanol–water partition coefficient (Wildman–Crippen LogP) is 0.206. The van der Waals surface area contributed by atoms with Gasteiger partial charge in [-0.3, -0.25) is 9.69 Å². The van der Waals surface area contributed by atoms with Crippen LogP contribution in [0.1, 0.15) is 34.6 Å². The van der Waals surface area contributed by atoms with E-state index in [9.17, 15) is 14.3 Å². The molecule has 0 radical (unpaired) electrons. The lowest BCUT2D eigenvalue weighted by Crippen LogP contribution is -2.36. The predicted molar refractivity (Wildman–Crippen MR) is 85.0 cm³/mol. The van der Waals surface area contributed by atoms with Crippen molar-refractivity contribution in [2.24, 2.45) is 0 Å². The number of hydrogen-bond acceptors (Lipinski definition) is 6. The van der Waals surface area contributed by atoms with E-state index in [-0.39, 0.29) is 12.2 Å². The molecule has 0 spiro atoms. The van der Waals surface area contributed by atoms with Gasteiger partial charge in [-0.2, -0.15) is 0 Å². The van der Waals surface area contributed by atoms with Crippen molar-refractivity contribution in [2.45, 2.75) is 31.7 Å². The molecule has 1 fully saturated rings. The van der Waals surface area contributed by atoms with Crippen LogP contribution in [0.2, 0.25) is 0 Å². The Morgan fingerprint density at radius 1 is 1.36 bits per heavy atom. The number of halogens is 1. The SMILES string of the molecule is CN1CCn2c(nnc2[C@@H]2C[C@H](O)CN2C(=O)c2ncccc2F)C1. The number of amides is 1. The molecule has 9 heteroatoms. The molecular weight excluding hydrogens is 327 g/mol. The van der Waals surface area contributed by atoms with Gasteiger partial charge in [0.25, 0.3) is 5.91 Å². The van der Waals surface area contributed by atoms with Gasteiger partial charge in [-0.25, -0.2) is 9.37 Å². The Kier molecular flexibility index (Phi) is 3.97. The van der Waals surface area contributed by atoms with Gasteiger partial charge in [0, 0.05) is 32.3 Å². The van der Waals surface area contributed by atoms with Gasteiger partial charge in [0.05, 0.1) is 18.7 Å². The van der Waals surface area contributed by atoms with Crippen molar-refractivity contribution >= 4 is 5.91 Å². The van der Waals surface area contributed by atoms with Gasteiger partial charge in [0.15, 0.2) is 17.3 Å². The molecule has 2 atom stereocenters. The highest BCUT2D eigenvalue weighted by atomic mass is 19.1. The number of aromatic nitrogens is 4. The summed E-state index contributed by atoms with van der Waals surface area (Å²) in [5, 5.41) is 18.6. The van der Waals surface area contributed by atoms with E-state index in [1.165, 1.54) is 23.2 Å². The van der Waals surface area contributed by atoms with E-state index < -0.39 is 23.9 Å². The van der Waals surface area contributed by atoms with Crippen molar-refractivity contribution in [1.82, 2.24) is 29.5 Å². The summed E-state index contributed by atoms with van der Waals surface area (Å²) in [6.45, 7) is 2.39. The number of hydrogen-bond donors (Lipinski definition) is 1. The van der Waals surface area contributed by atoms with Crippen LogP contribution < -0.4 is 0 Å². The van der Waals surface area contributed by atoms with Crippen molar-refractivity contribution in [3.8, 4) is 0 Å². The van der Waals surface area contributed by atoms with Gasteiger partial charge >= 0.3 is 0 Å². The van der Waals surface area contributed by atoms with Crippen LogP contribution in [0.5, 0.6) is 0 Å². The molecule has 2 aliphatic rings. The molecule has 0 unspecified atom stereocenters. The Morgan fingerprint density at radius 3 is 3.00 bits per heavy atom. The minimum absolute atomic E-state index is 0.127. The van der Waals surface area contributed by atoms with Crippen LogP contribution in [0, 0.1) is 5.82 Å². The summed E-state index contributed by atoms with van der Waals surface area (Å²) in [5.74, 6) is 0.272. The zero-order valence-electron chi connectivity index (χ0n) is 13.8. The normalized spacial score (nSPS) is 23.7. The fourth-order valence-electron chi connectivity index (χ4n) is 3.51. The quantitative estimate of drug-likeness (QED) is 0.836. The van der Waals surface area contributed by atoms with Crippen molar-refractivity contribution in [3.63, 3.8) is 0 Å². The van der Waals surface area contributed by atoms with Crippen LogP contribution in [0.15, 0.2) is 18.3 Å². The summed E-state index contributed by atoms with van der Waals surface area (Å²) in [4.78, 5) is 20.2. The smallest absolute Gasteiger partial charge is 0.276 e. The highest BCUT2D eigenvalue weighted by Gasteiger charge is 2.40. The van der Waals surface area contributed by atoms with Crippen LogP contribution in [0.3, 0.4) is 0 Å². The molecule has 0 saturated carbocycles. The van der Waals surface area contributed by atoms with Crippen LogP contribution >= 0.6 is 0 Å². The van der Waals surface area contributed by atoms with Crippen LogP contribution in [-0.2, 0) is 13.1 Å². The Morgan fingerprint density at radius 2 is 2.20 bits per heavy atom. The standard InChI is InChI=1S/C16H19FN6O2/c1-21-5-6-22-13(9-21)19-20-15(22)12-7-10(24)8-23(12)16(25)14-11(17)3-2-4-18-14/h2-4,10,12,24H,5-9H2,1H3/t10-,12-/m0/s1. The molecule has 132 valence electrons. The second-order valence-corrected chi connectivity index (χ2v) is 6.56. The number of aliphatic hydroxyl groups is 1. The summed E-state index contributed by atoms with van der Waals surface area (Å²) < 4.78 is 16.0. The van der Waals surface area contributed by atoms with E-state index in [0.29, 0.717) is 18.8 Å². The maximum Gasteiger partial charge on any atom is 0.276 e. The molecule has 4 heterocycles. The minimum atomic E-state index is -0.681. The Labute approximate surface area is 143 Å². The number of rotatable bonds is 2. The highest BCUT2D eigenvalue weighted by Crippen LogP contribution is 2.33. The number of aliphatic hydroxyl groups excluding tert-OH is 1. The number of fused-ring (bicyclic) bond motifs is 1. The number of nitrogens with zero attached hydrogens (tertiary/aromatic N) is 6. The number of β-amino-alcohol motifs (C(OH)–C–C–N with tert-alkyl or cyclic N) is 1. The molecule has 0 bridgehead atoms. The monoisotopic (exact) mass is 346 g/mol. The average molecular weight is 346 g/mol. The first-order chi connectivity index (χ1) is 12.0. The van der Waals surface area contributed by atoms with Crippen LogP contribution in [0.4, 0.5) is 4.39 Å². The number of likely N-dealkylation sites (N-methyl/N-ethyl adjacent to an activating group) is 1. The molecular formula is C16H19FN6O2. The number of carbonyl (C=O) groups excluding carboxylic acids is 1. The number of pyridine rings is 1. The van der Waals surface area contributed by atoms with E-state index in [2.05, 4.69) is 20.1 Å². The molecule has 25 heavy (non-hydrogen) atoms. The summed E-state index contributed by atoms with van der Waals surface area (Å²) in [5.41, 5.74) is -0.236. The van der Waals surface area contributed by atoms with E-state index >= 15 is 0 Å². The summed E-state index contributed by atoms with van der Waals surface area (Å²) in [6.07, 6.45) is 1.06. The minimum Gasteiger partial charge on any atom is -0.391 e. The van der Waals surface area contributed by atoms with E-state index in [0.717, 1.165) is 18.9 Å². The van der Waals surface area contributed by atoms with Gasteiger partial charge in [0.2, 0.25) is 0 Å². The molecule has 0 aromatic carbocycles. The Hall–Kier alpha value is -2.39. The molecule has 1 amide bonds. The lowest BCUT2D eigenvalue weighted by atomic mass is 10.1. The topological polar surface area (TPSA) is 87.4 Å². The maximum atomic E-state index is 14.0. The molecule has 1 N–H and O–H groups in total. The van der Waals surface area contributed by atoms with Crippen molar-refractivity contribution in [2.75, 3.05) is 20.1 Å². The lowest BCUT2D eigenvalue weighted by Gasteiger charge is -2.27. The van der Waals surface area contributed by atoms with Crippen molar-refractivity contribution in [1.29, 1.82) is 0 Å². The van der Waals surface area contributed by atoms with E-state index in [1.807, 2.05) is 11.6 Å². The third-order valence-electron chi connectivity index (χ3n) is 4.77.